The number of carbonyl (C=O) groups excluding carboxylic acids is 2. The van der Waals surface area contributed by atoms with Gasteiger partial charge in [0.25, 0.3) is 5.91 Å². The second kappa shape index (κ2) is 9.09. The number of nitrogens with one attached hydrogen (secondary N) is 1. The largest absolute Gasteiger partial charge is 0.448 e. The van der Waals surface area contributed by atoms with E-state index in [1.165, 1.54) is 23.9 Å². The quantitative estimate of drug-likeness (QED) is 0.621. The van der Waals surface area contributed by atoms with Crippen molar-refractivity contribution in [1.29, 1.82) is 0 Å². The average molecular weight is 396 g/mol. The maximum Gasteiger partial charge on any atom is 0.361 e. The number of aromatic nitrogens is 3. The van der Waals surface area contributed by atoms with E-state index in [0.29, 0.717) is 24.3 Å². The van der Waals surface area contributed by atoms with E-state index in [4.69, 9.17) is 4.74 Å². The van der Waals surface area contributed by atoms with Crippen molar-refractivity contribution in [2.75, 3.05) is 6.54 Å². The Balaban J connectivity index is 1.53. The van der Waals surface area contributed by atoms with E-state index >= 15 is 0 Å². The summed E-state index contributed by atoms with van der Waals surface area (Å²) >= 11 is 0. The predicted octanol–water partition coefficient (Wildman–Crippen LogP) is 2.62. The van der Waals surface area contributed by atoms with Gasteiger partial charge < -0.3 is 10.1 Å². The van der Waals surface area contributed by atoms with Gasteiger partial charge in [0.15, 0.2) is 11.8 Å². The van der Waals surface area contributed by atoms with Gasteiger partial charge in [0.2, 0.25) is 0 Å². The molecule has 29 heavy (non-hydrogen) atoms. The van der Waals surface area contributed by atoms with Crippen LogP contribution >= 0.6 is 0 Å². The number of ether oxygens (including phenoxy) is 1. The Hall–Kier alpha value is -3.55. The average Bonchev–Trinajstić information content (AvgIpc) is 3.12. The van der Waals surface area contributed by atoms with E-state index in [9.17, 15) is 14.0 Å². The van der Waals surface area contributed by atoms with Gasteiger partial charge in [-0.05, 0) is 50.1 Å². The van der Waals surface area contributed by atoms with Crippen LogP contribution in [0.15, 0.2) is 54.6 Å². The zero-order valence-corrected chi connectivity index (χ0v) is 16.1. The summed E-state index contributed by atoms with van der Waals surface area (Å²) in [6.45, 7) is 3.48. The Morgan fingerprint density at radius 3 is 2.48 bits per heavy atom. The van der Waals surface area contributed by atoms with Crippen LogP contribution in [-0.2, 0) is 16.0 Å². The van der Waals surface area contributed by atoms with Gasteiger partial charge >= 0.3 is 5.97 Å². The van der Waals surface area contributed by atoms with Crippen LogP contribution in [0.25, 0.3) is 5.69 Å². The van der Waals surface area contributed by atoms with Crippen LogP contribution in [0, 0.1) is 12.7 Å². The fraction of sp³-hybridized carbons (Fsp3) is 0.238. The number of para-hydroxylation sites is 1. The van der Waals surface area contributed by atoms with E-state index in [1.54, 1.807) is 19.1 Å². The topological polar surface area (TPSA) is 86.1 Å². The minimum absolute atomic E-state index is 0.0554. The zero-order chi connectivity index (χ0) is 20.8. The summed E-state index contributed by atoms with van der Waals surface area (Å²) in [6, 6.07) is 15.2. The van der Waals surface area contributed by atoms with Gasteiger partial charge in [-0.1, -0.05) is 30.3 Å². The standard InChI is InChI=1S/C21H21FN4O3/c1-14-19(25-26(24-14)18-6-4-3-5-7-18)21(28)29-15(2)20(27)23-13-12-16-8-10-17(22)11-9-16/h3-11,15H,12-13H2,1-2H3,(H,23,27)/t15-/m1/s1. The number of esters is 1. The van der Waals surface area contributed by atoms with E-state index < -0.39 is 18.0 Å². The second-order valence-corrected chi connectivity index (χ2v) is 6.47. The molecule has 0 aliphatic heterocycles. The number of rotatable bonds is 7. The summed E-state index contributed by atoms with van der Waals surface area (Å²) in [4.78, 5) is 25.9. The Kier molecular flexibility index (Phi) is 6.33. The molecule has 2 aromatic carbocycles. The molecule has 1 amide bonds. The van der Waals surface area contributed by atoms with Crippen molar-refractivity contribution in [2.24, 2.45) is 0 Å². The van der Waals surface area contributed by atoms with Crippen LogP contribution in [0.3, 0.4) is 0 Å². The molecule has 1 atom stereocenters. The van der Waals surface area contributed by atoms with Crippen LogP contribution in [0.4, 0.5) is 4.39 Å². The highest BCUT2D eigenvalue weighted by Crippen LogP contribution is 2.10. The van der Waals surface area contributed by atoms with Crippen molar-refractivity contribution < 1.29 is 18.7 Å². The summed E-state index contributed by atoms with van der Waals surface area (Å²) < 4.78 is 18.1. The van der Waals surface area contributed by atoms with Crippen LogP contribution in [-0.4, -0.2) is 39.5 Å². The molecule has 1 heterocycles. The highest BCUT2D eigenvalue weighted by Gasteiger charge is 2.23. The molecule has 0 unspecified atom stereocenters. The molecule has 0 aliphatic rings. The molecular formula is C21H21FN4O3. The SMILES string of the molecule is Cc1nn(-c2ccccc2)nc1C(=O)O[C@H](C)C(=O)NCCc1ccc(F)cc1. The first-order valence-electron chi connectivity index (χ1n) is 9.16. The van der Waals surface area contributed by atoms with Gasteiger partial charge in [-0.25, -0.2) is 9.18 Å². The third-order valence-corrected chi connectivity index (χ3v) is 4.24. The van der Waals surface area contributed by atoms with Crippen molar-refractivity contribution in [3.8, 4) is 5.69 Å². The van der Waals surface area contributed by atoms with E-state index in [0.717, 1.165) is 5.56 Å². The molecule has 8 heteroatoms. The molecule has 0 saturated carbocycles. The third-order valence-electron chi connectivity index (χ3n) is 4.24. The number of halogens is 1. The van der Waals surface area contributed by atoms with Crippen molar-refractivity contribution in [3.05, 3.63) is 77.4 Å². The molecular weight excluding hydrogens is 375 g/mol. The summed E-state index contributed by atoms with van der Waals surface area (Å²) in [6.07, 6.45) is -0.450. The van der Waals surface area contributed by atoms with Crippen LogP contribution in [0.5, 0.6) is 0 Å². The van der Waals surface area contributed by atoms with Crippen LogP contribution < -0.4 is 5.32 Å². The molecule has 7 nitrogen and oxygen atoms in total. The first-order chi connectivity index (χ1) is 13.9. The molecule has 1 N–H and O–H groups in total. The number of aryl methyl sites for hydroxylation is 1. The zero-order valence-electron chi connectivity index (χ0n) is 16.1. The number of nitrogens with zero attached hydrogens (tertiary/aromatic N) is 3. The van der Waals surface area contributed by atoms with Gasteiger partial charge in [0.1, 0.15) is 5.82 Å². The maximum absolute atomic E-state index is 12.9. The van der Waals surface area contributed by atoms with Crippen LogP contribution in [0.2, 0.25) is 0 Å². The van der Waals surface area contributed by atoms with Gasteiger partial charge in [0.05, 0.1) is 11.4 Å². The summed E-state index contributed by atoms with van der Waals surface area (Å²) in [7, 11) is 0. The molecule has 0 fully saturated rings. The molecule has 0 saturated heterocycles. The smallest absolute Gasteiger partial charge is 0.361 e. The summed E-state index contributed by atoms with van der Waals surface area (Å²) in [5, 5.41) is 11.1. The monoisotopic (exact) mass is 396 g/mol. The lowest BCUT2D eigenvalue weighted by molar-refractivity contribution is -0.129. The fourth-order valence-corrected chi connectivity index (χ4v) is 2.64. The molecule has 0 radical (unpaired) electrons. The maximum atomic E-state index is 12.9. The predicted molar refractivity (Wildman–Crippen MR) is 104 cm³/mol. The summed E-state index contributed by atoms with van der Waals surface area (Å²) in [5.74, 6) is -1.45. The lowest BCUT2D eigenvalue weighted by atomic mass is 10.1. The van der Waals surface area contributed by atoms with Crippen molar-refractivity contribution in [1.82, 2.24) is 20.3 Å². The van der Waals surface area contributed by atoms with Gasteiger partial charge in [0, 0.05) is 6.54 Å². The Morgan fingerprint density at radius 2 is 1.79 bits per heavy atom. The minimum atomic E-state index is -0.989. The molecule has 1 aromatic heterocycles. The minimum Gasteiger partial charge on any atom is -0.448 e. The molecule has 150 valence electrons. The lowest BCUT2D eigenvalue weighted by Crippen LogP contribution is -2.37. The van der Waals surface area contributed by atoms with Gasteiger partial charge in [-0.15, -0.1) is 5.10 Å². The molecule has 0 aliphatic carbocycles. The molecule has 3 aromatic rings. The lowest BCUT2D eigenvalue weighted by Gasteiger charge is -2.13. The first-order valence-corrected chi connectivity index (χ1v) is 9.16. The Bertz CT molecular complexity index is 987. The van der Waals surface area contributed by atoms with E-state index in [-0.39, 0.29) is 11.5 Å². The highest BCUT2D eigenvalue weighted by atomic mass is 19.1. The van der Waals surface area contributed by atoms with Gasteiger partial charge in [-0.2, -0.15) is 9.90 Å². The third kappa shape index (κ3) is 5.25. The fourth-order valence-electron chi connectivity index (χ4n) is 2.64. The Morgan fingerprint density at radius 1 is 1.10 bits per heavy atom. The van der Waals surface area contributed by atoms with E-state index in [2.05, 4.69) is 15.5 Å². The van der Waals surface area contributed by atoms with Crippen molar-refractivity contribution >= 4 is 11.9 Å². The van der Waals surface area contributed by atoms with Crippen molar-refractivity contribution in [3.63, 3.8) is 0 Å². The van der Waals surface area contributed by atoms with Gasteiger partial charge in [-0.3, -0.25) is 4.79 Å². The first kappa shape index (κ1) is 20.2. The second-order valence-electron chi connectivity index (χ2n) is 6.47. The normalized spacial score (nSPS) is 11.7. The Labute approximate surface area is 167 Å². The van der Waals surface area contributed by atoms with E-state index in [1.807, 2.05) is 30.3 Å². The number of amides is 1. The number of hydrogen-bond donors (Lipinski definition) is 1. The highest BCUT2D eigenvalue weighted by molar-refractivity contribution is 5.91. The number of hydrogen-bond acceptors (Lipinski definition) is 5. The van der Waals surface area contributed by atoms with Crippen LogP contribution in [0.1, 0.15) is 28.7 Å². The number of carbonyl (C=O) groups is 2. The molecule has 0 spiro atoms. The summed E-state index contributed by atoms with van der Waals surface area (Å²) in [5.41, 5.74) is 2.06. The van der Waals surface area contributed by atoms with Crippen molar-refractivity contribution in [2.45, 2.75) is 26.4 Å². The number of benzene rings is 2. The molecule has 3 rings (SSSR count). The molecule has 0 bridgehead atoms.